The Labute approximate surface area is 239 Å². The number of hydrogen-bond acceptors (Lipinski definition) is 6. The highest BCUT2D eigenvalue weighted by Gasteiger charge is 2.57. The molecule has 0 bridgehead atoms. The van der Waals surface area contributed by atoms with Crippen LogP contribution in [0.4, 0.5) is 0 Å². The average molecular weight is 561 g/mol. The second-order valence-electron chi connectivity index (χ2n) is 11.0. The van der Waals surface area contributed by atoms with E-state index in [0.717, 1.165) is 16.7 Å². The first kappa shape index (κ1) is 30.2. The van der Waals surface area contributed by atoms with Crippen LogP contribution in [-0.2, 0) is 43.5 Å². The van der Waals surface area contributed by atoms with Crippen molar-refractivity contribution in [1.29, 1.82) is 0 Å². The standard InChI is InChI=1S/C33H40O6Si/c1-35-32-30(37-23-27-16-10-6-11-17-27)31(38-24-28-18-12-7-13-19-28)33(34,20-21-40(2,3)4)29(39-32)25-36-22-26-14-8-5-9-15-26/h5-19,29-32,34H,22-25H2,1-4H3/t29-,30-,31-,32+,33-/m1/s1. The molecule has 40 heavy (non-hydrogen) atoms. The largest absolute Gasteiger partial charge is 0.374 e. The van der Waals surface area contributed by atoms with E-state index in [0.29, 0.717) is 13.2 Å². The fraction of sp³-hybridized carbons (Fsp3) is 0.394. The number of ether oxygens (including phenoxy) is 5. The van der Waals surface area contributed by atoms with Gasteiger partial charge in [0.15, 0.2) is 11.9 Å². The molecule has 1 heterocycles. The maximum atomic E-state index is 12.4. The van der Waals surface area contributed by atoms with Gasteiger partial charge in [0.2, 0.25) is 0 Å². The van der Waals surface area contributed by atoms with Gasteiger partial charge in [-0.3, -0.25) is 0 Å². The lowest BCUT2D eigenvalue weighted by Gasteiger charge is -2.48. The Morgan fingerprint density at radius 1 is 0.775 bits per heavy atom. The van der Waals surface area contributed by atoms with Gasteiger partial charge in [0.05, 0.1) is 26.4 Å². The second kappa shape index (κ2) is 14.2. The average Bonchev–Trinajstić information content (AvgIpc) is 2.96. The molecule has 3 aromatic rings. The minimum Gasteiger partial charge on any atom is -0.374 e. The number of benzene rings is 3. The Morgan fingerprint density at radius 2 is 1.27 bits per heavy atom. The monoisotopic (exact) mass is 560 g/mol. The highest BCUT2D eigenvalue weighted by Crippen LogP contribution is 2.35. The van der Waals surface area contributed by atoms with E-state index in [1.807, 2.05) is 91.0 Å². The first-order valence-electron chi connectivity index (χ1n) is 13.7. The fourth-order valence-electron chi connectivity index (χ4n) is 4.49. The van der Waals surface area contributed by atoms with Crippen molar-refractivity contribution >= 4 is 8.07 Å². The summed E-state index contributed by atoms with van der Waals surface area (Å²) in [6.07, 6.45) is -3.25. The quantitative estimate of drug-likeness (QED) is 0.252. The van der Waals surface area contributed by atoms with Gasteiger partial charge in [0.25, 0.3) is 0 Å². The van der Waals surface area contributed by atoms with Crippen molar-refractivity contribution in [2.45, 2.75) is 69.7 Å². The lowest BCUT2D eigenvalue weighted by Crippen LogP contribution is -2.68. The molecule has 0 amide bonds. The van der Waals surface area contributed by atoms with Gasteiger partial charge in [-0.25, -0.2) is 0 Å². The zero-order valence-corrected chi connectivity index (χ0v) is 24.8. The summed E-state index contributed by atoms with van der Waals surface area (Å²) in [5, 5.41) is 12.4. The molecule has 4 rings (SSSR count). The van der Waals surface area contributed by atoms with Crippen LogP contribution in [0.3, 0.4) is 0 Å². The van der Waals surface area contributed by atoms with E-state index in [1.165, 1.54) is 0 Å². The van der Waals surface area contributed by atoms with E-state index in [-0.39, 0.29) is 13.2 Å². The van der Waals surface area contributed by atoms with Crippen molar-refractivity contribution < 1.29 is 28.8 Å². The van der Waals surface area contributed by atoms with Gasteiger partial charge in [-0.1, -0.05) is 117 Å². The third-order valence-corrected chi connectivity index (χ3v) is 7.47. The third-order valence-electron chi connectivity index (χ3n) is 6.60. The highest BCUT2D eigenvalue weighted by atomic mass is 28.3. The molecule has 0 spiro atoms. The summed E-state index contributed by atoms with van der Waals surface area (Å²) in [6, 6.07) is 29.6. The Hall–Kier alpha value is -2.80. The van der Waals surface area contributed by atoms with Crippen molar-refractivity contribution in [3.8, 4) is 11.5 Å². The normalized spacial score (nSPS) is 24.7. The van der Waals surface area contributed by atoms with Gasteiger partial charge < -0.3 is 28.8 Å². The van der Waals surface area contributed by atoms with Crippen LogP contribution in [-0.4, -0.2) is 57.1 Å². The van der Waals surface area contributed by atoms with Gasteiger partial charge >= 0.3 is 0 Å². The van der Waals surface area contributed by atoms with E-state index >= 15 is 0 Å². The van der Waals surface area contributed by atoms with E-state index in [2.05, 4.69) is 31.1 Å². The van der Waals surface area contributed by atoms with Crippen molar-refractivity contribution in [3.05, 3.63) is 108 Å². The van der Waals surface area contributed by atoms with Gasteiger partial charge in [0, 0.05) is 7.11 Å². The van der Waals surface area contributed by atoms with E-state index in [4.69, 9.17) is 23.7 Å². The number of methoxy groups -OCH3 is 1. The first-order chi connectivity index (χ1) is 19.3. The lowest BCUT2D eigenvalue weighted by molar-refractivity contribution is -0.332. The van der Waals surface area contributed by atoms with Crippen LogP contribution in [0.2, 0.25) is 19.6 Å². The van der Waals surface area contributed by atoms with Gasteiger partial charge in [-0.2, -0.15) is 0 Å². The Morgan fingerprint density at radius 3 is 1.77 bits per heavy atom. The number of rotatable bonds is 11. The van der Waals surface area contributed by atoms with E-state index < -0.39 is 38.3 Å². The molecule has 1 aliphatic rings. The van der Waals surface area contributed by atoms with Crippen molar-refractivity contribution in [2.75, 3.05) is 13.7 Å². The molecule has 212 valence electrons. The Kier molecular flexibility index (Phi) is 10.7. The molecule has 5 atom stereocenters. The van der Waals surface area contributed by atoms with Crippen molar-refractivity contribution in [1.82, 2.24) is 0 Å². The minimum atomic E-state index is -1.88. The number of aliphatic hydroxyl groups is 1. The molecule has 6 nitrogen and oxygen atoms in total. The maximum absolute atomic E-state index is 12.4. The molecule has 7 heteroatoms. The Bertz CT molecular complexity index is 1220. The SMILES string of the molecule is CO[C@H]1O[C@H](COCc2ccccc2)[C@](O)(C#C[Si](C)(C)C)[C@H](OCc2ccccc2)[C@H]1OCc1ccccc1. The first-order valence-corrected chi connectivity index (χ1v) is 17.2. The van der Waals surface area contributed by atoms with E-state index in [9.17, 15) is 5.11 Å². The van der Waals surface area contributed by atoms with Crippen LogP contribution < -0.4 is 0 Å². The molecule has 0 saturated carbocycles. The third kappa shape index (κ3) is 8.35. The molecule has 1 fully saturated rings. The van der Waals surface area contributed by atoms with Crippen LogP contribution in [0.15, 0.2) is 91.0 Å². The zero-order valence-electron chi connectivity index (χ0n) is 23.8. The molecule has 3 aromatic carbocycles. The van der Waals surface area contributed by atoms with Crippen molar-refractivity contribution in [3.63, 3.8) is 0 Å². The number of hydrogen-bond donors (Lipinski definition) is 1. The van der Waals surface area contributed by atoms with Crippen LogP contribution in [0, 0.1) is 11.5 Å². The minimum absolute atomic E-state index is 0.0994. The maximum Gasteiger partial charge on any atom is 0.186 e. The summed E-state index contributed by atoms with van der Waals surface area (Å²) in [5.74, 6) is 3.20. The van der Waals surface area contributed by atoms with E-state index in [1.54, 1.807) is 7.11 Å². The summed E-state index contributed by atoms with van der Waals surface area (Å²) in [6.45, 7) is 7.44. The van der Waals surface area contributed by atoms with Crippen LogP contribution in [0.5, 0.6) is 0 Å². The predicted molar refractivity (Wildman–Crippen MR) is 158 cm³/mol. The summed E-state index contributed by atoms with van der Waals surface area (Å²) in [4.78, 5) is 0. The predicted octanol–water partition coefficient (Wildman–Crippen LogP) is 5.36. The fourth-order valence-corrected chi connectivity index (χ4v) is 5.06. The van der Waals surface area contributed by atoms with Crippen LogP contribution >= 0.6 is 0 Å². The topological polar surface area (TPSA) is 66.4 Å². The second-order valence-corrected chi connectivity index (χ2v) is 15.8. The Balaban J connectivity index is 1.65. The molecule has 1 saturated heterocycles. The molecule has 0 unspecified atom stereocenters. The molecule has 1 N–H and O–H groups in total. The van der Waals surface area contributed by atoms with Crippen molar-refractivity contribution in [2.24, 2.45) is 0 Å². The summed E-state index contributed by atoms with van der Waals surface area (Å²) in [7, 11) is -0.314. The molecular weight excluding hydrogens is 520 g/mol. The lowest BCUT2D eigenvalue weighted by atomic mass is 9.84. The summed E-state index contributed by atoms with van der Waals surface area (Å²) < 4.78 is 31.1. The van der Waals surface area contributed by atoms with Gasteiger partial charge in [0.1, 0.15) is 26.4 Å². The summed E-state index contributed by atoms with van der Waals surface area (Å²) >= 11 is 0. The molecule has 0 aliphatic carbocycles. The van der Waals surface area contributed by atoms with Crippen LogP contribution in [0.25, 0.3) is 0 Å². The smallest absolute Gasteiger partial charge is 0.186 e. The van der Waals surface area contributed by atoms with Gasteiger partial charge in [-0.15, -0.1) is 5.54 Å². The molecule has 0 aromatic heterocycles. The zero-order chi connectivity index (χ0) is 28.4. The highest BCUT2D eigenvalue weighted by molar-refractivity contribution is 6.83. The summed E-state index contributed by atoms with van der Waals surface area (Å²) in [5.41, 5.74) is 4.64. The molecule has 0 radical (unpaired) electrons. The molecular formula is C33H40O6Si. The van der Waals surface area contributed by atoms with Crippen LogP contribution in [0.1, 0.15) is 16.7 Å². The van der Waals surface area contributed by atoms with Gasteiger partial charge in [-0.05, 0) is 16.7 Å². The molecule has 1 aliphatic heterocycles.